The number of pyridine rings is 2. The zero-order valence-electron chi connectivity index (χ0n) is 91.4. The summed E-state index contributed by atoms with van der Waals surface area (Å²) in [6.45, 7) is 47.0. The first-order valence-corrected chi connectivity index (χ1v) is 50.9. The van der Waals surface area contributed by atoms with Crippen molar-refractivity contribution in [1.29, 1.82) is 0 Å². The van der Waals surface area contributed by atoms with Crippen LogP contribution in [0, 0.1) is 0 Å². The molecule has 0 amide bonds. The Morgan fingerprint density at radius 1 is 0.266 bits per heavy atom. The number of aromatic nitrogens is 6. The Bertz CT molecular complexity index is 8690. The first-order valence-electron chi connectivity index (χ1n) is 53.4. The van der Waals surface area contributed by atoms with E-state index in [0.717, 1.165) is 229 Å². The molecule has 0 radical (unpaired) electrons. The Labute approximate surface area is 851 Å². The zero-order valence-corrected chi connectivity index (χ0v) is 86.4. The second-order valence-corrected chi connectivity index (χ2v) is 45.6. The highest BCUT2D eigenvalue weighted by molar-refractivity contribution is 6.02. The van der Waals surface area contributed by atoms with Crippen molar-refractivity contribution < 1.29 is 34.6 Å². The van der Waals surface area contributed by atoms with Crippen LogP contribution in [0.2, 0.25) is 0 Å². The highest BCUT2D eigenvalue weighted by Crippen LogP contribution is 2.61. The van der Waals surface area contributed by atoms with Crippen LogP contribution in [0.25, 0.3) is 179 Å². The lowest BCUT2D eigenvalue weighted by molar-refractivity contribution is -0.998. The van der Waals surface area contributed by atoms with Gasteiger partial charge in [0.1, 0.15) is 33.6 Å². The van der Waals surface area contributed by atoms with Crippen LogP contribution in [-0.2, 0) is 33.4 Å². The number of benzene rings is 15. The van der Waals surface area contributed by atoms with E-state index in [9.17, 15) is 5.48 Å². The Morgan fingerprint density at radius 3 is 0.916 bits per heavy atom. The lowest BCUT2D eigenvalue weighted by atomic mass is 9.78. The van der Waals surface area contributed by atoms with E-state index in [-0.39, 0.29) is 21.7 Å². The van der Waals surface area contributed by atoms with Crippen LogP contribution in [0.4, 0.5) is 0 Å². The minimum Gasteiger partial charge on any atom is -0.392 e. The molecule has 25 rings (SSSR count). The molecule has 0 aliphatic carbocycles. The number of rotatable bonds is 14. The molecule has 8 heteroatoms. The number of ether oxygens (including phenoxy) is 2. The second kappa shape index (κ2) is 32.9. The molecule has 706 valence electrons. The van der Waals surface area contributed by atoms with Crippen molar-refractivity contribution in [2.24, 2.45) is 0 Å². The lowest BCUT2D eigenvalue weighted by Crippen LogP contribution is -2.78. The van der Waals surface area contributed by atoms with Crippen molar-refractivity contribution in [3.8, 4) is 168 Å². The normalized spacial score (nSPS) is 16.1. The first-order chi connectivity index (χ1) is 70.1. The van der Waals surface area contributed by atoms with Crippen LogP contribution in [0.5, 0.6) is 11.5 Å². The molecule has 0 N–H and O–H groups in total. The first kappa shape index (κ1) is 85.0. The van der Waals surface area contributed by atoms with E-state index in [4.69, 9.17) is 10.8 Å². The van der Waals surface area contributed by atoms with Gasteiger partial charge >= 0.3 is 23.3 Å². The summed E-state index contributed by atoms with van der Waals surface area (Å²) in [6.07, 6.45) is 4.51. The Hall–Kier alpha value is -14.9. The summed E-state index contributed by atoms with van der Waals surface area (Å²) >= 11 is 0. The smallest absolute Gasteiger partial charge is 0.392 e. The summed E-state index contributed by atoms with van der Waals surface area (Å²) in [5.41, 5.74) is 43.6. The van der Waals surface area contributed by atoms with Gasteiger partial charge in [-0.05, 0) is 253 Å². The Morgan fingerprint density at radius 2 is 0.580 bits per heavy atom. The molecule has 2 spiro atoms. The molecule has 19 aromatic rings. The average molecular weight is 1870 g/mol. The van der Waals surface area contributed by atoms with E-state index in [1.54, 1.807) is 0 Å². The fourth-order valence-electron chi connectivity index (χ4n) is 23.8. The van der Waals surface area contributed by atoms with Crippen LogP contribution in [0.3, 0.4) is 0 Å². The Balaban J connectivity index is 0.000000158. The number of fused-ring (bicyclic) bond motifs is 10. The maximum absolute atomic E-state index is 9.27. The number of nitrogens with zero attached hydrogens (tertiary/aromatic N) is 6. The van der Waals surface area contributed by atoms with Crippen molar-refractivity contribution in [1.82, 2.24) is 9.13 Å². The minimum absolute atomic E-state index is 0.157. The van der Waals surface area contributed by atoms with Crippen molar-refractivity contribution in [3.63, 3.8) is 0 Å². The van der Waals surface area contributed by atoms with Crippen LogP contribution in [0.15, 0.2) is 346 Å². The molecule has 6 aliphatic rings. The summed E-state index contributed by atoms with van der Waals surface area (Å²) in [4.78, 5) is 0. The number of hydrogen-bond donors (Lipinski definition) is 0. The second-order valence-electron chi connectivity index (χ2n) is 45.6. The van der Waals surface area contributed by atoms with E-state index in [1.807, 2.05) is 81.4 Å². The summed E-state index contributed by atoms with van der Waals surface area (Å²) in [5.74, 6) is -2.68. The van der Waals surface area contributed by atoms with Gasteiger partial charge in [-0.1, -0.05) is 377 Å². The largest absolute Gasteiger partial charge is 0.499 e. The highest BCUT2D eigenvalue weighted by atomic mass is 16.5. The Kier molecular flexibility index (Phi) is 19.5. The summed E-state index contributed by atoms with van der Waals surface area (Å²) in [6, 6.07) is 121. The minimum atomic E-state index is -1.16. The molecule has 2 atom stereocenters. The summed E-state index contributed by atoms with van der Waals surface area (Å²) in [7, 11) is 0. The molecule has 2 unspecified atom stereocenters. The third-order valence-corrected chi connectivity index (χ3v) is 31.0. The molecule has 0 saturated carbocycles. The van der Waals surface area contributed by atoms with E-state index in [0.29, 0.717) is 0 Å². The summed E-state index contributed by atoms with van der Waals surface area (Å²) < 4.78 is 76.9. The molecule has 0 saturated heterocycles. The van der Waals surface area contributed by atoms with Gasteiger partial charge in [-0.3, -0.25) is 0 Å². The number of imidazole rings is 2. The zero-order chi connectivity index (χ0) is 104. The van der Waals surface area contributed by atoms with Gasteiger partial charge in [0.2, 0.25) is 11.4 Å². The van der Waals surface area contributed by atoms with Gasteiger partial charge in [-0.2, -0.15) is 9.13 Å². The van der Waals surface area contributed by atoms with Crippen molar-refractivity contribution in [2.75, 3.05) is 0 Å². The highest BCUT2D eigenvalue weighted by Gasteiger charge is 2.71. The topological polar surface area (TPSA) is 43.8 Å². The summed E-state index contributed by atoms with van der Waals surface area (Å²) in [5, 5.41) is 0. The van der Waals surface area contributed by atoms with Gasteiger partial charge in [0, 0.05) is 64.5 Å². The third-order valence-electron chi connectivity index (χ3n) is 31.0. The maximum Gasteiger partial charge on any atom is 0.499 e. The fraction of sp³-hybridized carbons (Fsp3) is 0.244. The third kappa shape index (κ3) is 14.0. The van der Waals surface area contributed by atoms with Gasteiger partial charge in [0.25, 0.3) is 0 Å². The van der Waals surface area contributed by atoms with Crippen molar-refractivity contribution in [3.05, 3.63) is 407 Å². The van der Waals surface area contributed by atoms with E-state index >= 15 is 0 Å². The van der Waals surface area contributed by atoms with Gasteiger partial charge in [0.05, 0.1) is 11.1 Å². The molecule has 15 aromatic carbocycles. The lowest BCUT2D eigenvalue weighted by Gasteiger charge is -2.36. The molecule has 143 heavy (non-hydrogen) atoms. The quantitative estimate of drug-likeness (QED) is 0.102. The van der Waals surface area contributed by atoms with Crippen LogP contribution >= 0.6 is 0 Å². The monoisotopic (exact) mass is 1870 g/mol. The molecule has 0 fully saturated rings. The maximum atomic E-state index is 9.27. The van der Waals surface area contributed by atoms with Crippen molar-refractivity contribution in [2.45, 2.75) is 215 Å². The molecular formula is C135H128N6O2+4. The molecular weight excluding hydrogens is 1740 g/mol. The average Bonchev–Trinajstić information content (AvgIpc) is 1.48. The van der Waals surface area contributed by atoms with E-state index in [1.165, 1.54) is 22.3 Å². The number of hydrogen-bond acceptors (Lipinski definition) is 2. The van der Waals surface area contributed by atoms with Crippen LogP contribution < -0.4 is 27.7 Å². The van der Waals surface area contributed by atoms with Crippen LogP contribution in [-0.4, -0.2) is 9.13 Å². The van der Waals surface area contributed by atoms with Crippen molar-refractivity contribution >= 4 is 22.1 Å². The van der Waals surface area contributed by atoms with Gasteiger partial charge in [-0.15, -0.1) is 18.3 Å². The van der Waals surface area contributed by atoms with E-state index in [2.05, 4.69) is 444 Å². The predicted molar refractivity (Wildman–Crippen MR) is 589 cm³/mol. The predicted octanol–water partition coefficient (Wildman–Crippen LogP) is 33.3. The van der Waals surface area contributed by atoms with Gasteiger partial charge < -0.3 is 9.47 Å². The van der Waals surface area contributed by atoms with Crippen LogP contribution in [0.1, 0.15) is 250 Å². The van der Waals surface area contributed by atoms with Gasteiger partial charge in [-0.25, -0.2) is 0 Å². The molecule has 0 bridgehead atoms. The SMILES string of the molecule is [2H]C(C)(C)c1ccc(-c2cc[n+]3c(c2)-c2cc(-c4ccccc4)cc4c2C32Oc3c(cc(C(C)(C)C)cc3C(C)(C)C)-c3n(-c5ccc(-c6c(C([2H])(C)C)cccc6C([2H])(C)C)cc5)c5cccc-4c5[n+]32)cc1.[2H]C(C)(C)c1cccc(C([2H])(C)C)c1-c1ccc(-n2c3[n+]4c5c(cccc52)-c2cc(-c5ccccc5)cc5c2C4(Oc2c-3cc(C(C)(C)C)cc2C(C)(C)C)[n+]2ccc(-c3ccc(-c4ccccc4)cc3)cc2-5)cc1. The van der Waals surface area contributed by atoms with E-state index < -0.39 is 41.2 Å². The molecule has 10 heterocycles. The fourth-order valence-corrected chi connectivity index (χ4v) is 23.8. The molecule has 6 aliphatic heterocycles. The molecule has 8 nitrogen and oxygen atoms in total. The number of para-hydroxylation sites is 2. The van der Waals surface area contributed by atoms with Gasteiger partial charge in [0.15, 0.2) is 46.0 Å². The standard InChI is InChI=1S/C69H63N3O.C66H65N3O/c1-42(2)53-23-17-24-54(43(3)4)62(53)48-31-33-52(34-32-48)71-60-26-18-25-55-56-37-50(45-21-15-12-16-22-45)38-57-61-39-49(47-29-27-46(28-30-47)44-19-13-11-14-20-44)35-36-70(61)69(63(56)57)72(64(55)60)66(71)58-40-51(67(5,6)7)41-59(65(58)73-69)68(8,9)10;1-39(2)42-24-26-44(27-25-42)46-32-33-67-58(36-46)54-35-47(43-18-14-13-15-19-43)34-53-52-22-17-23-57-61(52)69-63(55-37-48(64(7,8)9)38-56(65(10,11)12)62(55)70-66(67,69)60(53)54)68(57)49-30-28-45(29-31-49)59-50(40(3)4)20-16-21-51(59)41(5)6/h11-43H,1-10H3;13-41H,1-12H3/q2*+2/i42D,43D;39D,40D,41D. The molecule has 4 aromatic heterocycles.